The number of para-hydroxylation sites is 2. The van der Waals surface area contributed by atoms with Crippen molar-refractivity contribution in [1.82, 2.24) is 0 Å². The first kappa shape index (κ1) is 18.8. The summed E-state index contributed by atoms with van der Waals surface area (Å²) in [6, 6.07) is 12.4. The zero-order valence-electron chi connectivity index (χ0n) is 14.4. The highest BCUT2D eigenvalue weighted by Crippen LogP contribution is 2.31. The molecule has 0 fully saturated rings. The minimum atomic E-state index is -4.35. The molecular formula is C19H21F3N2O. The lowest BCUT2D eigenvalue weighted by Crippen LogP contribution is -2.18. The van der Waals surface area contributed by atoms with Gasteiger partial charge in [-0.1, -0.05) is 31.2 Å². The zero-order valence-corrected chi connectivity index (χ0v) is 14.4. The zero-order chi connectivity index (χ0) is 18.6. The largest absolute Gasteiger partial charge is 0.416 e. The molecule has 0 heterocycles. The SMILES string of the molecule is CC(CC(=O)Nc1ccccc1N(C)C)c1ccc(C(F)(F)F)cc1. The summed E-state index contributed by atoms with van der Waals surface area (Å²) < 4.78 is 37.8. The van der Waals surface area contributed by atoms with Crippen LogP contribution in [0.25, 0.3) is 0 Å². The second kappa shape index (κ2) is 7.59. The van der Waals surface area contributed by atoms with Gasteiger partial charge in [-0.3, -0.25) is 4.79 Å². The minimum absolute atomic E-state index is 0.179. The lowest BCUT2D eigenvalue weighted by atomic mass is 9.96. The molecule has 0 saturated heterocycles. The number of alkyl halides is 3. The number of halogens is 3. The van der Waals surface area contributed by atoms with E-state index >= 15 is 0 Å². The molecule has 6 heteroatoms. The highest BCUT2D eigenvalue weighted by atomic mass is 19.4. The number of hydrogen-bond donors (Lipinski definition) is 1. The molecule has 3 nitrogen and oxygen atoms in total. The fourth-order valence-corrected chi connectivity index (χ4v) is 2.57. The van der Waals surface area contributed by atoms with E-state index in [0.717, 1.165) is 17.8 Å². The molecule has 0 aliphatic rings. The maximum Gasteiger partial charge on any atom is 0.416 e. The van der Waals surface area contributed by atoms with Gasteiger partial charge in [0.15, 0.2) is 0 Å². The van der Waals surface area contributed by atoms with E-state index < -0.39 is 11.7 Å². The number of rotatable bonds is 5. The average molecular weight is 350 g/mol. The topological polar surface area (TPSA) is 32.3 Å². The molecule has 0 spiro atoms. The molecule has 25 heavy (non-hydrogen) atoms. The summed E-state index contributed by atoms with van der Waals surface area (Å²) in [6.07, 6.45) is -4.16. The van der Waals surface area contributed by atoms with Crippen LogP contribution in [0.2, 0.25) is 0 Å². The monoisotopic (exact) mass is 350 g/mol. The van der Waals surface area contributed by atoms with E-state index in [-0.39, 0.29) is 18.2 Å². The van der Waals surface area contributed by atoms with Gasteiger partial charge in [0.2, 0.25) is 5.91 Å². The van der Waals surface area contributed by atoms with Crippen LogP contribution in [0.3, 0.4) is 0 Å². The van der Waals surface area contributed by atoms with E-state index in [1.54, 1.807) is 0 Å². The summed E-state index contributed by atoms with van der Waals surface area (Å²) >= 11 is 0. The Morgan fingerprint density at radius 3 is 2.24 bits per heavy atom. The Bertz CT molecular complexity index is 724. The highest BCUT2D eigenvalue weighted by Gasteiger charge is 2.30. The Hall–Kier alpha value is -2.50. The number of hydrogen-bond acceptors (Lipinski definition) is 2. The lowest BCUT2D eigenvalue weighted by molar-refractivity contribution is -0.137. The third kappa shape index (κ3) is 4.98. The standard InChI is InChI=1S/C19H21F3N2O/c1-13(14-8-10-15(11-9-14)19(20,21)22)12-18(25)23-16-6-4-5-7-17(16)24(2)3/h4-11,13H,12H2,1-3H3,(H,23,25). The van der Waals surface area contributed by atoms with E-state index in [0.29, 0.717) is 11.3 Å². The van der Waals surface area contributed by atoms with E-state index in [4.69, 9.17) is 0 Å². The fraction of sp³-hybridized carbons (Fsp3) is 0.316. The molecule has 0 radical (unpaired) electrons. The lowest BCUT2D eigenvalue weighted by Gasteiger charge is -2.19. The van der Waals surface area contributed by atoms with Crippen LogP contribution in [0.1, 0.15) is 30.4 Å². The molecule has 134 valence electrons. The number of carbonyl (C=O) groups excluding carboxylic acids is 1. The first-order chi connectivity index (χ1) is 11.7. The van der Waals surface area contributed by atoms with Crippen LogP contribution in [0.15, 0.2) is 48.5 Å². The van der Waals surface area contributed by atoms with Crippen molar-refractivity contribution in [1.29, 1.82) is 0 Å². The number of carbonyl (C=O) groups is 1. The summed E-state index contributed by atoms with van der Waals surface area (Å²) in [6.45, 7) is 1.82. The Morgan fingerprint density at radius 1 is 1.08 bits per heavy atom. The van der Waals surface area contributed by atoms with Crippen molar-refractivity contribution in [2.45, 2.75) is 25.4 Å². The quantitative estimate of drug-likeness (QED) is 0.831. The van der Waals surface area contributed by atoms with Gasteiger partial charge in [-0.2, -0.15) is 13.2 Å². The molecule has 0 bridgehead atoms. The Kier molecular flexibility index (Phi) is 5.72. The van der Waals surface area contributed by atoms with Gasteiger partial charge in [-0.25, -0.2) is 0 Å². The van der Waals surface area contributed by atoms with Crippen LogP contribution >= 0.6 is 0 Å². The molecular weight excluding hydrogens is 329 g/mol. The molecule has 0 aromatic heterocycles. The number of anilines is 2. The van der Waals surface area contributed by atoms with E-state index in [1.165, 1.54) is 12.1 Å². The van der Waals surface area contributed by atoms with Gasteiger partial charge in [0.05, 0.1) is 16.9 Å². The van der Waals surface area contributed by atoms with Crippen LogP contribution in [-0.2, 0) is 11.0 Å². The summed E-state index contributed by atoms with van der Waals surface area (Å²) in [5.41, 5.74) is 1.60. The Balaban J connectivity index is 2.03. The third-order valence-electron chi connectivity index (χ3n) is 3.96. The fourth-order valence-electron chi connectivity index (χ4n) is 2.57. The predicted octanol–water partition coefficient (Wildman–Crippen LogP) is 4.90. The van der Waals surface area contributed by atoms with E-state index in [1.807, 2.05) is 50.2 Å². The molecule has 2 rings (SSSR count). The molecule has 0 aliphatic carbocycles. The molecule has 2 aromatic rings. The van der Waals surface area contributed by atoms with Gasteiger partial charge in [0.1, 0.15) is 0 Å². The van der Waals surface area contributed by atoms with E-state index in [2.05, 4.69) is 5.32 Å². The smallest absolute Gasteiger partial charge is 0.376 e. The first-order valence-electron chi connectivity index (χ1n) is 7.92. The van der Waals surface area contributed by atoms with Crippen molar-refractivity contribution < 1.29 is 18.0 Å². The first-order valence-corrected chi connectivity index (χ1v) is 7.92. The summed E-state index contributed by atoms with van der Waals surface area (Å²) in [5.74, 6) is -0.365. The van der Waals surface area contributed by atoms with Gasteiger partial charge in [0.25, 0.3) is 0 Å². The molecule has 1 atom stereocenters. The maximum atomic E-state index is 12.6. The summed E-state index contributed by atoms with van der Waals surface area (Å²) in [5, 5.41) is 2.87. The van der Waals surface area contributed by atoms with E-state index in [9.17, 15) is 18.0 Å². The van der Waals surface area contributed by atoms with Crippen LogP contribution in [0, 0.1) is 0 Å². The van der Waals surface area contributed by atoms with Crippen molar-refractivity contribution in [2.24, 2.45) is 0 Å². The van der Waals surface area contributed by atoms with Gasteiger partial charge in [0, 0.05) is 20.5 Å². The molecule has 0 aliphatic heterocycles. The van der Waals surface area contributed by atoms with Crippen LogP contribution in [-0.4, -0.2) is 20.0 Å². The molecule has 1 N–H and O–H groups in total. The number of benzene rings is 2. The van der Waals surface area contributed by atoms with Crippen molar-refractivity contribution >= 4 is 17.3 Å². The van der Waals surface area contributed by atoms with Gasteiger partial charge in [-0.05, 0) is 35.7 Å². The van der Waals surface area contributed by atoms with Crippen molar-refractivity contribution in [3.63, 3.8) is 0 Å². The van der Waals surface area contributed by atoms with Crippen LogP contribution < -0.4 is 10.2 Å². The second-order valence-electron chi connectivity index (χ2n) is 6.18. The normalized spacial score (nSPS) is 12.6. The van der Waals surface area contributed by atoms with Crippen molar-refractivity contribution in [3.05, 3.63) is 59.7 Å². The van der Waals surface area contributed by atoms with Crippen LogP contribution in [0.5, 0.6) is 0 Å². The average Bonchev–Trinajstić information content (AvgIpc) is 2.54. The Labute approximate surface area is 145 Å². The summed E-state index contributed by atoms with van der Waals surface area (Å²) in [7, 11) is 3.77. The number of nitrogens with zero attached hydrogens (tertiary/aromatic N) is 1. The van der Waals surface area contributed by atoms with Gasteiger partial charge in [-0.15, -0.1) is 0 Å². The number of amides is 1. The molecule has 1 amide bonds. The number of nitrogens with one attached hydrogen (secondary N) is 1. The summed E-state index contributed by atoms with van der Waals surface area (Å²) in [4.78, 5) is 14.2. The molecule has 2 aromatic carbocycles. The minimum Gasteiger partial charge on any atom is -0.376 e. The second-order valence-corrected chi connectivity index (χ2v) is 6.18. The van der Waals surface area contributed by atoms with Crippen LogP contribution in [0.4, 0.5) is 24.5 Å². The van der Waals surface area contributed by atoms with Crippen molar-refractivity contribution in [3.8, 4) is 0 Å². The highest BCUT2D eigenvalue weighted by molar-refractivity contribution is 5.94. The van der Waals surface area contributed by atoms with Gasteiger partial charge >= 0.3 is 6.18 Å². The Morgan fingerprint density at radius 2 is 1.68 bits per heavy atom. The van der Waals surface area contributed by atoms with Gasteiger partial charge < -0.3 is 10.2 Å². The third-order valence-corrected chi connectivity index (χ3v) is 3.96. The predicted molar refractivity (Wildman–Crippen MR) is 93.9 cm³/mol. The molecule has 0 saturated carbocycles. The maximum absolute atomic E-state index is 12.6. The van der Waals surface area contributed by atoms with Crippen molar-refractivity contribution in [2.75, 3.05) is 24.3 Å². The molecule has 1 unspecified atom stereocenters.